The van der Waals surface area contributed by atoms with Gasteiger partial charge in [0.1, 0.15) is 0 Å². The second kappa shape index (κ2) is 6.20. The highest BCUT2D eigenvalue weighted by Gasteiger charge is 2.27. The van der Waals surface area contributed by atoms with Gasteiger partial charge in [0.05, 0.1) is 12.1 Å². The van der Waals surface area contributed by atoms with E-state index in [-0.39, 0.29) is 6.04 Å². The number of aromatic nitrogens is 2. The summed E-state index contributed by atoms with van der Waals surface area (Å²) in [5.41, 5.74) is 0. The van der Waals surface area contributed by atoms with Crippen molar-refractivity contribution in [1.82, 2.24) is 19.9 Å². The van der Waals surface area contributed by atoms with E-state index in [1.165, 1.54) is 12.8 Å². The number of rotatable bonds is 4. The lowest BCUT2D eigenvalue weighted by Gasteiger charge is -2.37. The highest BCUT2D eigenvalue weighted by molar-refractivity contribution is 4.92. The average Bonchev–Trinajstić information content (AvgIpc) is 3.10. The molecule has 2 fully saturated rings. The maximum absolute atomic E-state index is 5.71. The number of ether oxygens (including phenoxy) is 1. The first kappa shape index (κ1) is 14.0. The van der Waals surface area contributed by atoms with Gasteiger partial charge in [-0.05, 0) is 26.7 Å². The quantitative estimate of drug-likeness (QED) is 0.827. The number of hydrogen-bond donors (Lipinski definition) is 0. The van der Waals surface area contributed by atoms with Gasteiger partial charge in [0.2, 0.25) is 5.89 Å². The molecule has 2 atom stereocenters. The van der Waals surface area contributed by atoms with E-state index >= 15 is 0 Å². The fraction of sp³-hybridized carbons (Fsp3) is 0.857. The molecular weight excluding hydrogens is 256 g/mol. The Morgan fingerprint density at radius 1 is 1.30 bits per heavy atom. The molecule has 0 saturated carbocycles. The second-order valence-corrected chi connectivity index (χ2v) is 5.83. The van der Waals surface area contributed by atoms with E-state index < -0.39 is 0 Å². The third kappa shape index (κ3) is 3.19. The first-order valence-electron chi connectivity index (χ1n) is 7.60. The van der Waals surface area contributed by atoms with Crippen molar-refractivity contribution < 1.29 is 9.26 Å². The summed E-state index contributed by atoms with van der Waals surface area (Å²) in [4.78, 5) is 9.26. The Morgan fingerprint density at radius 3 is 2.70 bits per heavy atom. The molecule has 0 bridgehead atoms. The van der Waals surface area contributed by atoms with Crippen molar-refractivity contribution >= 4 is 0 Å². The zero-order valence-corrected chi connectivity index (χ0v) is 12.4. The lowest BCUT2D eigenvalue weighted by Crippen LogP contribution is -2.49. The molecule has 2 aliphatic heterocycles. The van der Waals surface area contributed by atoms with Crippen LogP contribution in [-0.2, 0) is 4.74 Å². The predicted molar refractivity (Wildman–Crippen MR) is 74.4 cm³/mol. The Kier molecular flexibility index (Phi) is 4.33. The van der Waals surface area contributed by atoms with Gasteiger partial charge in [-0.25, -0.2) is 0 Å². The summed E-state index contributed by atoms with van der Waals surface area (Å²) in [6.45, 7) is 10.3. The van der Waals surface area contributed by atoms with Crippen molar-refractivity contribution in [2.24, 2.45) is 0 Å². The van der Waals surface area contributed by atoms with Crippen LogP contribution in [0.5, 0.6) is 0 Å². The third-order valence-electron chi connectivity index (χ3n) is 4.34. The first-order valence-corrected chi connectivity index (χ1v) is 7.60. The zero-order valence-electron chi connectivity index (χ0n) is 12.4. The molecule has 3 rings (SSSR count). The largest absolute Gasteiger partial charge is 0.377 e. The molecule has 0 amide bonds. The molecule has 6 heteroatoms. The van der Waals surface area contributed by atoms with Crippen molar-refractivity contribution in [3.63, 3.8) is 0 Å². The van der Waals surface area contributed by atoms with E-state index in [2.05, 4.69) is 26.9 Å². The molecule has 0 unspecified atom stereocenters. The van der Waals surface area contributed by atoms with Crippen LogP contribution >= 0.6 is 0 Å². The van der Waals surface area contributed by atoms with Crippen molar-refractivity contribution in [3.05, 3.63) is 11.7 Å². The number of nitrogens with zero attached hydrogens (tertiary/aromatic N) is 4. The Morgan fingerprint density at radius 2 is 2.10 bits per heavy atom. The van der Waals surface area contributed by atoms with Crippen LogP contribution in [0.4, 0.5) is 0 Å². The Bertz CT molecular complexity index is 423. The molecule has 1 aromatic heterocycles. The minimum absolute atomic E-state index is 0.209. The van der Waals surface area contributed by atoms with Crippen molar-refractivity contribution in [1.29, 1.82) is 0 Å². The summed E-state index contributed by atoms with van der Waals surface area (Å²) >= 11 is 0. The van der Waals surface area contributed by atoms with Gasteiger partial charge in [0.15, 0.2) is 5.82 Å². The predicted octanol–water partition coefficient (Wildman–Crippen LogP) is 1.24. The summed E-state index contributed by atoms with van der Waals surface area (Å²) in [6, 6.07) is 0.209. The second-order valence-electron chi connectivity index (χ2n) is 5.83. The normalized spacial score (nSPS) is 27.0. The van der Waals surface area contributed by atoms with Crippen molar-refractivity contribution in [2.75, 3.05) is 39.3 Å². The Hall–Kier alpha value is -0.980. The monoisotopic (exact) mass is 280 g/mol. The highest BCUT2D eigenvalue weighted by atomic mass is 16.5. The van der Waals surface area contributed by atoms with Gasteiger partial charge in [0, 0.05) is 39.3 Å². The van der Waals surface area contributed by atoms with Crippen molar-refractivity contribution in [2.45, 2.75) is 38.8 Å². The molecule has 0 spiro atoms. The lowest BCUT2D eigenvalue weighted by atomic mass is 10.2. The molecule has 2 aliphatic rings. The van der Waals surface area contributed by atoms with Gasteiger partial charge < -0.3 is 9.26 Å². The minimum atomic E-state index is 0.209. The first-order chi connectivity index (χ1) is 9.72. The SMILES string of the molecule is Cc1noc([C@H](C)N2CCN(C[C@@H]3CCCO3)CC2)n1. The number of piperazine rings is 1. The van der Waals surface area contributed by atoms with E-state index in [1.54, 1.807) is 0 Å². The van der Waals surface area contributed by atoms with E-state index in [9.17, 15) is 0 Å². The van der Waals surface area contributed by atoms with E-state index in [4.69, 9.17) is 9.26 Å². The molecule has 0 aromatic carbocycles. The Labute approximate surface area is 120 Å². The maximum atomic E-state index is 5.71. The fourth-order valence-electron chi connectivity index (χ4n) is 3.05. The summed E-state index contributed by atoms with van der Waals surface area (Å²) in [6.07, 6.45) is 2.90. The smallest absolute Gasteiger partial charge is 0.243 e. The molecule has 3 heterocycles. The highest BCUT2D eigenvalue weighted by Crippen LogP contribution is 2.21. The van der Waals surface area contributed by atoms with Crippen LogP contribution in [0, 0.1) is 6.92 Å². The van der Waals surface area contributed by atoms with Crippen LogP contribution in [-0.4, -0.2) is 65.4 Å². The summed E-state index contributed by atoms with van der Waals surface area (Å²) in [5.74, 6) is 1.44. The topological polar surface area (TPSA) is 54.6 Å². The van der Waals surface area contributed by atoms with Crippen LogP contribution in [0.3, 0.4) is 0 Å². The van der Waals surface area contributed by atoms with Crippen LogP contribution in [0.25, 0.3) is 0 Å². The summed E-state index contributed by atoms with van der Waals surface area (Å²) in [7, 11) is 0. The molecule has 0 N–H and O–H groups in total. The Balaban J connectivity index is 1.48. The lowest BCUT2D eigenvalue weighted by molar-refractivity contribution is 0.0379. The average molecular weight is 280 g/mol. The summed E-state index contributed by atoms with van der Waals surface area (Å²) < 4.78 is 11.0. The molecular formula is C14H24N4O2. The number of aryl methyl sites for hydroxylation is 1. The molecule has 112 valence electrons. The number of hydrogen-bond acceptors (Lipinski definition) is 6. The van der Waals surface area contributed by atoms with E-state index in [0.717, 1.165) is 45.2 Å². The molecule has 20 heavy (non-hydrogen) atoms. The van der Waals surface area contributed by atoms with Gasteiger partial charge in [-0.2, -0.15) is 4.98 Å². The van der Waals surface area contributed by atoms with Crippen molar-refractivity contribution in [3.8, 4) is 0 Å². The van der Waals surface area contributed by atoms with Crippen LogP contribution in [0.1, 0.15) is 37.5 Å². The standard InChI is InChI=1S/C14H24N4O2/c1-11(14-15-12(2)16-20-14)18-7-5-17(6-8-18)10-13-4-3-9-19-13/h11,13H,3-10H2,1-2H3/t11-,13-/m0/s1. The zero-order chi connectivity index (χ0) is 13.9. The molecule has 6 nitrogen and oxygen atoms in total. The van der Waals surface area contributed by atoms with Gasteiger partial charge in [-0.3, -0.25) is 9.80 Å². The maximum Gasteiger partial charge on any atom is 0.243 e. The molecule has 0 aliphatic carbocycles. The summed E-state index contributed by atoms with van der Waals surface area (Å²) in [5, 5.41) is 3.88. The van der Waals surface area contributed by atoms with Gasteiger partial charge in [-0.1, -0.05) is 5.16 Å². The molecule has 1 aromatic rings. The molecule has 2 saturated heterocycles. The van der Waals surface area contributed by atoms with Gasteiger partial charge in [0.25, 0.3) is 0 Å². The minimum Gasteiger partial charge on any atom is -0.377 e. The van der Waals surface area contributed by atoms with Crippen LogP contribution < -0.4 is 0 Å². The molecule has 0 radical (unpaired) electrons. The van der Waals surface area contributed by atoms with Crippen LogP contribution in [0.15, 0.2) is 4.52 Å². The third-order valence-corrected chi connectivity index (χ3v) is 4.34. The van der Waals surface area contributed by atoms with Crippen LogP contribution in [0.2, 0.25) is 0 Å². The van der Waals surface area contributed by atoms with E-state index in [0.29, 0.717) is 11.9 Å². The fourth-order valence-corrected chi connectivity index (χ4v) is 3.05. The van der Waals surface area contributed by atoms with Gasteiger partial charge >= 0.3 is 0 Å². The van der Waals surface area contributed by atoms with E-state index in [1.807, 2.05) is 6.92 Å². The van der Waals surface area contributed by atoms with Gasteiger partial charge in [-0.15, -0.1) is 0 Å².